The highest BCUT2D eigenvalue weighted by Crippen LogP contribution is 2.31. The monoisotopic (exact) mass is 350 g/mol. The van der Waals surface area contributed by atoms with Crippen molar-refractivity contribution in [2.24, 2.45) is 5.73 Å². The molecular weight excluding hydrogens is 328 g/mol. The molecule has 0 fully saturated rings. The van der Waals surface area contributed by atoms with Gasteiger partial charge in [-0.25, -0.2) is 0 Å². The van der Waals surface area contributed by atoms with Crippen molar-refractivity contribution in [2.75, 3.05) is 7.11 Å². The minimum atomic E-state index is -0.459. The van der Waals surface area contributed by atoms with E-state index in [9.17, 15) is 9.59 Å². The molecular formula is C21H22N2O3. The highest BCUT2D eigenvalue weighted by Gasteiger charge is 2.28. The third-order valence-electron chi connectivity index (χ3n) is 4.43. The van der Waals surface area contributed by atoms with E-state index in [1.165, 1.54) is 0 Å². The topological polar surface area (TPSA) is 81.4 Å². The predicted octanol–water partition coefficient (Wildman–Crippen LogP) is 2.94. The van der Waals surface area contributed by atoms with Crippen LogP contribution in [-0.4, -0.2) is 24.3 Å². The summed E-state index contributed by atoms with van der Waals surface area (Å²) in [7, 11) is 1.54. The minimum absolute atomic E-state index is 0.146. The van der Waals surface area contributed by atoms with Gasteiger partial charge in [0.05, 0.1) is 12.7 Å². The van der Waals surface area contributed by atoms with E-state index in [-0.39, 0.29) is 11.3 Å². The maximum absolute atomic E-state index is 12.8. The van der Waals surface area contributed by atoms with E-state index in [0.29, 0.717) is 16.9 Å². The van der Waals surface area contributed by atoms with E-state index >= 15 is 0 Å². The van der Waals surface area contributed by atoms with E-state index < -0.39 is 5.91 Å². The average Bonchev–Trinajstić information content (AvgIpc) is 2.60. The van der Waals surface area contributed by atoms with Gasteiger partial charge >= 0.3 is 0 Å². The van der Waals surface area contributed by atoms with Crippen LogP contribution in [0.3, 0.4) is 0 Å². The van der Waals surface area contributed by atoms with Crippen LogP contribution < -0.4 is 15.8 Å². The number of allylic oxidation sites excluding steroid dienone is 1. The fraction of sp³-hybridized carbons (Fsp3) is 0.238. The van der Waals surface area contributed by atoms with Crippen LogP contribution in [0.5, 0.6) is 5.75 Å². The minimum Gasteiger partial charge on any atom is -0.496 e. The highest BCUT2D eigenvalue weighted by molar-refractivity contribution is 6.10. The third-order valence-corrected chi connectivity index (χ3v) is 4.43. The van der Waals surface area contributed by atoms with Crippen molar-refractivity contribution in [1.29, 1.82) is 0 Å². The van der Waals surface area contributed by atoms with E-state index in [2.05, 4.69) is 5.32 Å². The molecule has 1 aliphatic rings. The van der Waals surface area contributed by atoms with Crippen LogP contribution in [-0.2, 0) is 6.42 Å². The van der Waals surface area contributed by atoms with Gasteiger partial charge in [-0.1, -0.05) is 18.2 Å². The number of benzene rings is 2. The Morgan fingerprint density at radius 1 is 1.19 bits per heavy atom. The molecule has 1 heterocycles. The summed E-state index contributed by atoms with van der Waals surface area (Å²) in [5.41, 5.74) is 8.73. The number of nitrogens with two attached hydrogens (primary N) is 1. The van der Waals surface area contributed by atoms with E-state index in [1.54, 1.807) is 37.5 Å². The Labute approximate surface area is 152 Å². The number of methoxy groups -OCH3 is 1. The molecule has 0 aliphatic carbocycles. The summed E-state index contributed by atoms with van der Waals surface area (Å²) in [6, 6.07) is 12.5. The average molecular weight is 350 g/mol. The number of rotatable bonds is 4. The van der Waals surface area contributed by atoms with Gasteiger partial charge in [0.25, 0.3) is 0 Å². The van der Waals surface area contributed by atoms with Gasteiger partial charge in [-0.2, -0.15) is 0 Å². The molecule has 0 atom stereocenters. The molecule has 1 amide bonds. The molecule has 0 radical (unpaired) electrons. The van der Waals surface area contributed by atoms with E-state index in [0.717, 1.165) is 23.2 Å². The number of hydrogen-bond acceptors (Lipinski definition) is 4. The fourth-order valence-electron chi connectivity index (χ4n) is 3.28. The summed E-state index contributed by atoms with van der Waals surface area (Å²) in [6.45, 7) is 4.10. The van der Waals surface area contributed by atoms with Gasteiger partial charge in [-0.3, -0.25) is 9.59 Å². The number of primary amides is 1. The summed E-state index contributed by atoms with van der Waals surface area (Å²) in [4.78, 5) is 24.3. The van der Waals surface area contributed by atoms with E-state index in [1.807, 2.05) is 32.0 Å². The van der Waals surface area contributed by atoms with Crippen molar-refractivity contribution in [3.63, 3.8) is 0 Å². The molecule has 5 nitrogen and oxygen atoms in total. The molecule has 5 heteroatoms. The van der Waals surface area contributed by atoms with Crippen molar-refractivity contribution in [3.8, 4) is 5.75 Å². The first-order valence-corrected chi connectivity index (χ1v) is 8.41. The Bertz CT molecular complexity index is 913. The second-order valence-corrected chi connectivity index (χ2v) is 7.04. The van der Waals surface area contributed by atoms with Crippen LogP contribution in [0.15, 0.2) is 48.5 Å². The van der Waals surface area contributed by atoms with Gasteiger partial charge < -0.3 is 15.8 Å². The number of ether oxygens (including phenoxy) is 1. The predicted molar refractivity (Wildman–Crippen MR) is 101 cm³/mol. The third kappa shape index (κ3) is 3.47. The number of ketones is 1. The lowest BCUT2D eigenvalue weighted by Crippen LogP contribution is -2.44. The molecule has 2 aromatic rings. The van der Waals surface area contributed by atoms with Gasteiger partial charge in [0.15, 0.2) is 5.78 Å². The second-order valence-electron chi connectivity index (χ2n) is 7.04. The summed E-state index contributed by atoms with van der Waals surface area (Å²) < 4.78 is 5.29. The Kier molecular flexibility index (Phi) is 4.55. The van der Waals surface area contributed by atoms with Crippen molar-refractivity contribution >= 4 is 17.4 Å². The number of para-hydroxylation sites is 1. The maximum Gasteiger partial charge on any atom is 0.248 e. The summed E-state index contributed by atoms with van der Waals surface area (Å²) in [6.07, 6.45) is 2.31. The Hall–Kier alpha value is -3.08. The number of amides is 1. The molecule has 3 rings (SSSR count). The van der Waals surface area contributed by atoms with Gasteiger partial charge in [0.1, 0.15) is 5.75 Å². The van der Waals surface area contributed by atoms with Crippen molar-refractivity contribution < 1.29 is 14.3 Å². The second kappa shape index (κ2) is 6.67. The number of nitrogens with one attached hydrogen (secondary N) is 1. The van der Waals surface area contributed by atoms with Crippen molar-refractivity contribution in [3.05, 3.63) is 70.8 Å². The zero-order valence-electron chi connectivity index (χ0n) is 15.1. The first kappa shape index (κ1) is 17.7. The molecule has 0 unspecified atom stereocenters. The lowest BCUT2D eigenvalue weighted by molar-refractivity contribution is 0.0998. The Morgan fingerprint density at radius 2 is 1.92 bits per heavy atom. The van der Waals surface area contributed by atoms with Gasteiger partial charge in [0, 0.05) is 28.4 Å². The normalized spacial score (nSPS) is 16.5. The molecule has 0 bridgehead atoms. The summed E-state index contributed by atoms with van der Waals surface area (Å²) in [5.74, 6) is -0.0685. The van der Waals surface area contributed by atoms with Crippen LogP contribution in [0.25, 0.3) is 5.70 Å². The summed E-state index contributed by atoms with van der Waals surface area (Å²) >= 11 is 0. The smallest absolute Gasteiger partial charge is 0.248 e. The van der Waals surface area contributed by atoms with Crippen molar-refractivity contribution in [2.45, 2.75) is 25.8 Å². The molecule has 0 aromatic heterocycles. The highest BCUT2D eigenvalue weighted by atomic mass is 16.5. The molecule has 0 saturated carbocycles. The van der Waals surface area contributed by atoms with Gasteiger partial charge in [-0.05, 0) is 50.1 Å². The molecule has 2 aromatic carbocycles. The quantitative estimate of drug-likeness (QED) is 0.656. The number of carbonyl (C=O) groups is 2. The van der Waals surface area contributed by atoms with Crippen LogP contribution in [0.4, 0.5) is 0 Å². The zero-order chi connectivity index (χ0) is 18.9. The fourth-order valence-corrected chi connectivity index (χ4v) is 3.28. The lowest BCUT2D eigenvalue weighted by atomic mass is 9.84. The SMILES string of the molecule is COc1ccccc1C(=O)/C=C1\NC(C)(C)Cc2cc(C(N)=O)ccc21. The van der Waals surface area contributed by atoms with Crippen molar-refractivity contribution in [1.82, 2.24) is 5.32 Å². The van der Waals surface area contributed by atoms with Crippen LogP contribution in [0, 0.1) is 0 Å². The molecule has 0 saturated heterocycles. The molecule has 134 valence electrons. The Morgan fingerprint density at radius 3 is 2.62 bits per heavy atom. The van der Waals surface area contributed by atoms with Crippen LogP contribution in [0.1, 0.15) is 45.7 Å². The van der Waals surface area contributed by atoms with Crippen LogP contribution in [0.2, 0.25) is 0 Å². The molecule has 0 spiro atoms. The largest absolute Gasteiger partial charge is 0.496 e. The van der Waals surface area contributed by atoms with Gasteiger partial charge in [-0.15, -0.1) is 0 Å². The zero-order valence-corrected chi connectivity index (χ0v) is 15.1. The number of hydrogen-bond donors (Lipinski definition) is 2. The van der Waals surface area contributed by atoms with E-state index in [4.69, 9.17) is 10.5 Å². The summed E-state index contributed by atoms with van der Waals surface area (Å²) in [5, 5.41) is 3.42. The van der Waals surface area contributed by atoms with Crippen LogP contribution >= 0.6 is 0 Å². The Balaban J connectivity index is 2.06. The first-order chi connectivity index (χ1) is 12.3. The molecule has 26 heavy (non-hydrogen) atoms. The standard InChI is InChI=1S/C21H22N2O3/c1-21(2)12-14-10-13(20(22)25)8-9-15(14)17(23-21)11-18(24)16-6-4-5-7-19(16)26-3/h4-11,23H,12H2,1-3H3,(H2,22,25)/b17-11-. The molecule has 1 aliphatic heterocycles. The molecule has 3 N–H and O–H groups in total. The maximum atomic E-state index is 12.8. The van der Waals surface area contributed by atoms with Gasteiger partial charge in [0.2, 0.25) is 5.91 Å². The number of fused-ring (bicyclic) bond motifs is 1. The lowest BCUT2D eigenvalue weighted by Gasteiger charge is -2.35. The first-order valence-electron chi connectivity index (χ1n) is 8.41. The number of carbonyl (C=O) groups excluding carboxylic acids is 2.